The van der Waals surface area contributed by atoms with Gasteiger partial charge >= 0.3 is 5.97 Å². The third-order valence-corrected chi connectivity index (χ3v) is 4.15. The van der Waals surface area contributed by atoms with E-state index in [1.807, 2.05) is 42.5 Å². The molecule has 4 nitrogen and oxygen atoms in total. The van der Waals surface area contributed by atoms with E-state index in [0.29, 0.717) is 11.3 Å². The summed E-state index contributed by atoms with van der Waals surface area (Å²) in [5, 5.41) is 0. The van der Waals surface area contributed by atoms with Crippen LogP contribution in [0.3, 0.4) is 0 Å². The number of halogens is 2. The number of likely N-dealkylation sites (N-methyl/N-ethyl adjacent to an activating group) is 1. The highest BCUT2D eigenvalue weighted by Crippen LogP contribution is 2.14. The zero-order chi connectivity index (χ0) is 16.1. The molecule has 2 aromatic carbocycles. The highest BCUT2D eigenvalue weighted by Gasteiger charge is 2.14. The number of hydrogen-bond donors (Lipinski definition) is 0. The average Bonchev–Trinajstić information content (AvgIpc) is 2.58. The normalized spacial score (nSPS) is 14.9. The molecule has 0 aromatic heterocycles. The molecule has 136 valence electrons. The fraction of sp³-hybridized carbons (Fsp3) is 0.316. The lowest BCUT2D eigenvalue weighted by molar-refractivity contribution is 0.0734. The van der Waals surface area contributed by atoms with Crippen LogP contribution in [0.5, 0.6) is 5.75 Å². The Bertz CT molecular complexity index is 642. The van der Waals surface area contributed by atoms with E-state index in [-0.39, 0.29) is 30.8 Å². The smallest absolute Gasteiger partial charge is 0.343 e. The molecule has 0 spiro atoms. The van der Waals surface area contributed by atoms with Crippen molar-refractivity contribution >= 4 is 30.8 Å². The third kappa shape index (κ3) is 6.33. The predicted octanol–water partition coefficient (Wildman–Crippen LogP) is 3.50. The maximum Gasteiger partial charge on any atom is 0.343 e. The Morgan fingerprint density at radius 2 is 1.52 bits per heavy atom. The van der Waals surface area contributed by atoms with Crippen molar-refractivity contribution in [3.05, 3.63) is 65.7 Å². The average molecular weight is 383 g/mol. The van der Waals surface area contributed by atoms with Crippen LogP contribution in [0.4, 0.5) is 0 Å². The van der Waals surface area contributed by atoms with Crippen LogP contribution in [0.15, 0.2) is 54.6 Å². The summed E-state index contributed by atoms with van der Waals surface area (Å²) in [6.07, 6.45) is 0. The Morgan fingerprint density at radius 3 is 2.12 bits per heavy atom. The molecule has 2 aromatic rings. The number of nitrogens with zero attached hydrogens (tertiary/aromatic N) is 2. The van der Waals surface area contributed by atoms with E-state index in [4.69, 9.17) is 4.74 Å². The first-order valence-corrected chi connectivity index (χ1v) is 7.98. The van der Waals surface area contributed by atoms with Gasteiger partial charge in [0.25, 0.3) is 0 Å². The van der Waals surface area contributed by atoms with Crippen molar-refractivity contribution in [3.63, 3.8) is 0 Å². The molecule has 0 aliphatic carbocycles. The first-order chi connectivity index (χ1) is 11.2. The van der Waals surface area contributed by atoms with E-state index in [1.54, 1.807) is 12.1 Å². The molecule has 1 fully saturated rings. The molecule has 3 rings (SSSR count). The summed E-state index contributed by atoms with van der Waals surface area (Å²) in [6, 6.07) is 16.9. The van der Waals surface area contributed by atoms with Crippen molar-refractivity contribution in [2.45, 2.75) is 6.54 Å². The second kappa shape index (κ2) is 10.4. The topological polar surface area (TPSA) is 32.8 Å². The van der Waals surface area contributed by atoms with Crippen molar-refractivity contribution in [2.24, 2.45) is 0 Å². The van der Waals surface area contributed by atoms with E-state index in [0.717, 1.165) is 32.7 Å². The fourth-order valence-corrected chi connectivity index (χ4v) is 2.66. The number of hydrogen-bond acceptors (Lipinski definition) is 4. The van der Waals surface area contributed by atoms with E-state index < -0.39 is 0 Å². The minimum absolute atomic E-state index is 0. The van der Waals surface area contributed by atoms with Gasteiger partial charge in [0, 0.05) is 32.7 Å². The first kappa shape index (κ1) is 21.5. The minimum atomic E-state index is -0.317. The van der Waals surface area contributed by atoms with E-state index in [2.05, 4.69) is 16.8 Å². The minimum Gasteiger partial charge on any atom is -0.423 e. The maximum absolute atomic E-state index is 12.1. The Hall–Kier alpha value is -1.59. The molecule has 25 heavy (non-hydrogen) atoms. The predicted molar refractivity (Wildman–Crippen MR) is 105 cm³/mol. The zero-order valence-electron chi connectivity index (χ0n) is 14.3. The van der Waals surface area contributed by atoms with Crippen molar-refractivity contribution < 1.29 is 9.53 Å². The Balaban J connectivity index is 0.00000156. The van der Waals surface area contributed by atoms with Crippen molar-refractivity contribution in [1.82, 2.24) is 9.80 Å². The Morgan fingerprint density at radius 1 is 0.920 bits per heavy atom. The van der Waals surface area contributed by atoms with Crippen LogP contribution in [-0.2, 0) is 6.54 Å². The van der Waals surface area contributed by atoms with Crippen molar-refractivity contribution in [2.75, 3.05) is 33.2 Å². The standard InChI is InChI=1S/C19H22N2O2.2ClH/c1-20-11-13-21(14-12-20)15-16-7-9-17(10-8-16)19(22)23-18-5-3-2-4-6-18;;/h2-10H,11-15H2,1H3;2*1H. The summed E-state index contributed by atoms with van der Waals surface area (Å²) in [4.78, 5) is 16.9. The lowest BCUT2D eigenvalue weighted by atomic mass is 10.1. The van der Waals surface area contributed by atoms with Crippen LogP contribution < -0.4 is 4.74 Å². The highest BCUT2D eigenvalue weighted by molar-refractivity contribution is 5.91. The van der Waals surface area contributed by atoms with Gasteiger partial charge < -0.3 is 9.64 Å². The van der Waals surface area contributed by atoms with Gasteiger partial charge in [-0.3, -0.25) is 4.90 Å². The third-order valence-electron chi connectivity index (χ3n) is 4.15. The van der Waals surface area contributed by atoms with Crippen LogP contribution in [0.1, 0.15) is 15.9 Å². The molecular weight excluding hydrogens is 359 g/mol. The number of esters is 1. The molecule has 0 amide bonds. The summed E-state index contributed by atoms with van der Waals surface area (Å²) in [6.45, 7) is 5.34. The van der Waals surface area contributed by atoms with Crippen LogP contribution in [0.2, 0.25) is 0 Å². The summed E-state index contributed by atoms with van der Waals surface area (Å²) in [5.41, 5.74) is 1.81. The molecule has 0 unspecified atom stereocenters. The molecule has 1 aliphatic rings. The van der Waals surface area contributed by atoms with Gasteiger partial charge in [-0.25, -0.2) is 4.79 Å². The lowest BCUT2D eigenvalue weighted by Gasteiger charge is -2.32. The highest BCUT2D eigenvalue weighted by atomic mass is 35.5. The molecule has 0 bridgehead atoms. The first-order valence-electron chi connectivity index (χ1n) is 7.98. The van der Waals surface area contributed by atoms with Gasteiger partial charge in [-0.05, 0) is 36.9 Å². The SMILES string of the molecule is CN1CCN(Cc2ccc(C(=O)Oc3ccccc3)cc2)CC1.Cl.Cl. The number of ether oxygens (including phenoxy) is 1. The zero-order valence-corrected chi connectivity index (χ0v) is 15.9. The summed E-state index contributed by atoms with van der Waals surface area (Å²) in [5.74, 6) is 0.251. The van der Waals surface area contributed by atoms with Crippen molar-refractivity contribution in [1.29, 1.82) is 0 Å². The number of benzene rings is 2. The summed E-state index contributed by atoms with van der Waals surface area (Å²) < 4.78 is 5.35. The Kier molecular flexibility index (Phi) is 8.93. The number of carbonyl (C=O) groups is 1. The molecule has 0 saturated carbocycles. The van der Waals surface area contributed by atoms with Gasteiger partial charge in [0.05, 0.1) is 5.56 Å². The van der Waals surface area contributed by atoms with E-state index in [1.165, 1.54) is 5.56 Å². The molecule has 0 atom stereocenters. The van der Waals surface area contributed by atoms with Gasteiger partial charge in [-0.15, -0.1) is 24.8 Å². The molecule has 1 aliphatic heterocycles. The monoisotopic (exact) mass is 382 g/mol. The molecule has 0 N–H and O–H groups in total. The van der Waals surface area contributed by atoms with Crippen LogP contribution in [0.25, 0.3) is 0 Å². The summed E-state index contributed by atoms with van der Waals surface area (Å²) >= 11 is 0. The van der Waals surface area contributed by atoms with Crippen molar-refractivity contribution in [3.8, 4) is 5.75 Å². The van der Waals surface area contributed by atoms with Gasteiger partial charge in [0.1, 0.15) is 5.75 Å². The molecule has 1 saturated heterocycles. The van der Waals surface area contributed by atoms with Gasteiger partial charge in [0.2, 0.25) is 0 Å². The van der Waals surface area contributed by atoms with Crippen LogP contribution in [-0.4, -0.2) is 49.0 Å². The van der Waals surface area contributed by atoms with Crippen LogP contribution >= 0.6 is 24.8 Å². The summed E-state index contributed by atoms with van der Waals surface area (Å²) in [7, 11) is 2.16. The molecule has 1 heterocycles. The second-order valence-electron chi connectivity index (χ2n) is 5.98. The number of carbonyl (C=O) groups excluding carboxylic acids is 1. The maximum atomic E-state index is 12.1. The largest absolute Gasteiger partial charge is 0.423 e. The second-order valence-corrected chi connectivity index (χ2v) is 5.98. The quantitative estimate of drug-likeness (QED) is 0.598. The Labute approximate surface area is 161 Å². The van der Waals surface area contributed by atoms with E-state index >= 15 is 0 Å². The molecule has 6 heteroatoms. The van der Waals surface area contributed by atoms with Gasteiger partial charge in [0.15, 0.2) is 0 Å². The number of piperazine rings is 1. The fourth-order valence-electron chi connectivity index (χ4n) is 2.66. The number of rotatable bonds is 4. The molecule has 0 radical (unpaired) electrons. The lowest BCUT2D eigenvalue weighted by Crippen LogP contribution is -2.43. The van der Waals surface area contributed by atoms with Gasteiger partial charge in [-0.1, -0.05) is 30.3 Å². The van der Waals surface area contributed by atoms with Gasteiger partial charge in [-0.2, -0.15) is 0 Å². The molecular formula is C19H24Cl2N2O2. The van der Waals surface area contributed by atoms with E-state index in [9.17, 15) is 4.79 Å². The van der Waals surface area contributed by atoms with Crippen LogP contribution in [0, 0.1) is 0 Å². The number of para-hydroxylation sites is 1.